The Morgan fingerprint density at radius 1 is 1.20 bits per heavy atom. The zero-order chi connectivity index (χ0) is 14.8. The van der Waals surface area contributed by atoms with Gasteiger partial charge < -0.3 is 15.4 Å². The lowest BCUT2D eigenvalue weighted by Crippen LogP contribution is -2.50. The van der Waals surface area contributed by atoms with E-state index in [1.54, 1.807) is 0 Å². The van der Waals surface area contributed by atoms with Crippen molar-refractivity contribution in [2.75, 3.05) is 39.3 Å². The van der Waals surface area contributed by atoms with Crippen LogP contribution in [-0.4, -0.2) is 60.8 Å². The summed E-state index contributed by atoms with van der Waals surface area (Å²) in [7, 11) is 0. The van der Waals surface area contributed by atoms with Crippen molar-refractivity contribution < 1.29 is 9.53 Å². The number of ether oxygens (including phenoxy) is 1. The summed E-state index contributed by atoms with van der Waals surface area (Å²) in [6.07, 6.45) is 2.39. The molecule has 1 heterocycles. The average Bonchev–Trinajstić information content (AvgIpc) is 3.13. The lowest BCUT2D eigenvalue weighted by atomic mass is 10.2. The highest BCUT2D eigenvalue weighted by molar-refractivity contribution is 5.68. The minimum atomic E-state index is -0.405. The molecule has 0 radical (unpaired) electrons. The van der Waals surface area contributed by atoms with Gasteiger partial charge in [0.05, 0.1) is 0 Å². The fourth-order valence-electron chi connectivity index (χ4n) is 2.78. The van der Waals surface area contributed by atoms with Crippen LogP contribution in [0.3, 0.4) is 0 Å². The number of carbonyl (C=O) groups excluding carboxylic acids is 1. The number of hydrogen-bond acceptors (Lipinski definition) is 4. The lowest BCUT2D eigenvalue weighted by molar-refractivity contribution is 0.0143. The Morgan fingerprint density at radius 3 is 2.35 bits per heavy atom. The SMILES string of the molecule is CC(C)(C)OC(=O)N1CCN(CC[C@@H]2C[C@H]2CN)CC1. The third kappa shape index (κ3) is 4.63. The summed E-state index contributed by atoms with van der Waals surface area (Å²) in [6, 6.07) is 0. The minimum Gasteiger partial charge on any atom is -0.444 e. The van der Waals surface area contributed by atoms with Gasteiger partial charge in [-0.15, -0.1) is 0 Å². The molecule has 1 amide bonds. The second-order valence-corrected chi connectivity index (χ2v) is 7.09. The Hall–Kier alpha value is -0.810. The third-order valence-electron chi connectivity index (χ3n) is 4.21. The Morgan fingerprint density at radius 2 is 1.85 bits per heavy atom. The van der Waals surface area contributed by atoms with E-state index in [2.05, 4.69) is 4.90 Å². The van der Waals surface area contributed by atoms with Gasteiger partial charge >= 0.3 is 6.09 Å². The van der Waals surface area contributed by atoms with Gasteiger partial charge in [0.15, 0.2) is 0 Å². The zero-order valence-electron chi connectivity index (χ0n) is 13.1. The quantitative estimate of drug-likeness (QED) is 0.850. The first-order valence-corrected chi connectivity index (χ1v) is 7.79. The number of rotatable bonds is 4. The van der Waals surface area contributed by atoms with Crippen molar-refractivity contribution in [2.45, 2.75) is 39.2 Å². The van der Waals surface area contributed by atoms with Gasteiger partial charge in [0, 0.05) is 26.2 Å². The number of nitrogens with two attached hydrogens (primary N) is 1. The molecule has 1 saturated carbocycles. The number of piperazine rings is 1. The van der Waals surface area contributed by atoms with Crippen LogP contribution >= 0.6 is 0 Å². The number of amides is 1. The van der Waals surface area contributed by atoms with Crippen LogP contribution in [0.25, 0.3) is 0 Å². The molecule has 2 fully saturated rings. The van der Waals surface area contributed by atoms with Gasteiger partial charge in [0.2, 0.25) is 0 Å². The normalized spacial score (nSPS) is 27.5. The molecule has 0 aromatic rings. The van der Waals surface area contributed by atoms with Crippen LogP contribution in [0, 0.1) is 11.8 Å². The van der Waals surface area contributed by atoms with E-state index in [1.807, 2.05) is 25.7 Å². The second-order valence-electron chi connectivity index (χ2n) is 7.09. The fourth-order valence-corrected chi connectivity index (χ4v) is 2.78. The van der Waals surface area contributed by atoms with Crippen LogP contribution in [0.1, 0.15) is 33.6 Å². The topological polar surface area (TPSA) is 58.8 Å². The lowest BCUT2D eigenvalue weighted by Gasteiger charge is -2.35. The molecule has 0 aromatic carbocycles. The first kappa shape index (κ1) is 15.6. The van der Waals surface area contributed by atoms with Crippen molar-refractivity contribution in [3.63, 3.8) is 0 Å². The van der Waals surface area contributed by atoms with Crippen molar-refractivity contribution in [2.24, 2.45) is 17.6 Å². The van der Waals surface area contributed by atoms with Crippen LogP contribution in [0.5, 0.6) is 0 Å². The molecule has 0 bridgehead atoms. The minimum absolute atomic E-state index is 0.178. The van der Waals surface area contributed by atoms with Crippen molar-refractivity contribution in [1.29, 1.82) is 0 Å². The first-order chi connectivity index (χ1) is 9.39. The van der Waals surface area contributed by atoms with E-state index in [-0.39, 0.29) is 6.09 Å². The van der Waals surface area contributed by atoms with Crippen LogP contribution in [-0.2, 0) is 4.74 Å². The van der Waals surface area contributed by atoms with Crippen molar-refractivity contribution >= 4 is 6.09 Å². The molecule has 1 aliphatic carbocycles. The predicted molar refractivity (Wildman–Crippen MR) is 79.5 cm³/mol. The highest BCUT2D eigenvalue weighted by atomic mass is 16.6. The van der Waals surface area contributed by atoms with Gasteiger partial charge in [-0.2, -0.15) is 0 Å². The first-order valence-electron chi connectivity index (χ1n) is 7.79. The zero-order valence-corrected chi connectivity index (χ0v) is 13.1. The van der Waals surface area contributed by atoms with E-state index in [0.29, 0.717) is 0 Å². The van der Waals surface area contributed by atoms with E-state index < -0.39 is 5.60 Å². The van der Waals surface area contributed by atoms with Gasteiger partial charge in [0.1, 0.15) is 5.60 Å². The van der Waals surface area contributed by atoms with Gasteiger partial charge in [-0.05, 0) is 58.5 Å². The van der Waals surface area contributed by atoms with E-state index in [9.17, 15) is 4.79 Å². The largest absolute Gasteiger partial charge is 0.444 e. The van der Waals surface area contributed by atoms with Gasteiger partial charge in [-0.25, -0.2) is 4.79 Å². The summed E-state index contributed by atoms with van der Waals surface area (Å²) >= 11 is 0. The smallest absolute Gasteiger partial charge is 0.410 e. The van der Waals surface area contributed by atoms with E-state index in [4.69, 9.17) is 10.5 Å². The highest BCUT2D eigenvalue weighted by Gasteiger charge is 2.35. The van der Waals surface area contributed by atoms with E-state index in [0.717, 1.165) is 51.1 Å². The Bertz CT molecular complexity index is 333. The van der Waals surface area contributed by atoms with Crippen molar-refractivity contribution in [3.8, 4) is 0 Å². The monoisotopic (exact) mass is 283 g/mol. The molecule has 0 spiro atoms. The van der Waals surface area contributed by atoms with Gasteiger partial charge in [0.25, 0.3) is 0 Å². The molecule has 5 nitrogen and oxygen atoms in total. The molecule has 2 aliphatic rings. The molecular weight excluding hydrogens is 254 g/mol. The molecule has 1 aliphatic heterocycles. The molecule has 1 saturated heterocycles. The van der Waals surface area contributed by atoms with Crippen LogP contribution in [0.4, 0.5) is 4.79 Å². The third-order valence-corrected chi connectivity index (χ3v) is 4.21. The maximum absolute atomic E-state index is 11.9. The summed E-state index contributed by atoms with van der Waals surface area (Å²) in [6.45, 7) is 11.2. The molecule has 5 heteroatoms. The van der Waals surface area contributed by atoms with Crippen LogP contribution in [0.2, 0.25) is 0 Å². The summed E-state index contributed by atoms with van der Waals surface area (Å²) < 4.78 is 5.40. The van der Waals surface area contributed by atoms with E-state index in [1.165, 1.54) is 12.8 Å². The van der Waals surface area contributed by atoms with E-state index >= 15 is 0 Å². The maximum Gasteiger partial charge on any atom is 0.410 e. The van der Waals surface area contributed by atoms with Crippen LogP contribution in [0.15, 0.2) is 0 Å². The molecule has 116 valence electrons. The Kier molecular flexibility index (Phi) is 4.91. The fraction of sp³-hybridized carbons (Fsp3) is 0.933. The molecule has 0 unspecified atom stereocenters. The average molecular weight is 283 g/mol. The maximum atomic E-state index is 11.9. The number of nitrogens with zero attached hydrogens (tertiary/aromatic N) is 2. The van der Waals surface area contributed by atoms with Gasteiger partial charge in [-0.1, -0.05) is 0 Å². The summed E-state index contributed by atoms with van der Waals surface area (Å²) in [5.41, 5.74) is 5.26. The second kappa shape index (κ2) is 6.31. The van der Waals surface area contributed by atoms with Crippen molar-refractivity contribution in [1.82, 2.24) is 9.80 Å². The summed E-state index contributed by atoms with van der Waals surface area (Å²) in [5.74, 6) is 1.63. The Labute approximate surface area is 122 Å². The standard InChI is InChI=1S/C15H29N3O2/c1-15(2,3)20-14(19)18-8-6-17(7-9-18)5-4-12-10-13(12)11-16/h12-13H,4-11,16H2,1-3H3/t12-,13+/m1/s1. The number of hydrogen-bond donors (Lipinski definition) is 1. The van der Waals surface area contributed by atoms with Crippen LogP contribution < -0.4 is 5.73 Å². The molecule has 2 rings (SSSR count). The molecule has 20 heavy (non-hydrogen) atoms. The molecule has 2 atom stereocenters. The summed E-state index contributed by atoms with van der Waals surface area (Å²) in [5, 5.41) is 0. The van der Waals surface area contributed by atoms with Gasteiger partial charge in [-0.3, -0.25) is 4.90 Å². The number of carbonyl (C=O) groups is 1. The summed E-state index contributed by atoms with van der Waals surface area (Å²) in [4.78, 5) is 16.2. The molecular formula is C15H29N3O2. The predicted octanol–water partition coefficient (Wildman–Crippen LogP) is 1.52. The Balaban J connectivity index is 1.63. The molecule has 0 aromatic heterocycles. The highest BCUT2D eigenvalue weighted by Crippen LogP contribution is 2.40. The molecule has 2 N–H and O–H groups in total. The van der Waals surface area contributed by atoms with Crippen molar-refractivity contribution in [3.05, 3.63) is 0 Å².